The lowest BCUT2D eigenvalue weighted by Crippen LogP contribution is -2.49. The van der Waals surface area contributed by atoms with Gasteiger partial charge in [-0.1, -0.05) is 0 Å². The Labute approximate surface area is 122 Å². The maximum absolute atomic E-state index is 12.3. The second-order valence-corrected chi connectivity index (χ2v) is 7.18. The molecule has 3 N–H and O–H groups in total. The molecule has 8 heteroatoms. The highest BCUT2D eigenvalue weighted by Gasteiger charge is 2.34. The highest BCUT2D eigenvalue weighted by atomic mass is 32.2. The maximum Gasteiger partial charge on any atom is 0.324 e. The normalized spacial score (nSPS) is 18.2. The number of carbonyl (C=O) groups excluding carboxylic acids is 1. The van der Waals surface area contributed by atoms with Crippen molar-refractivity contribution in [3.05, 3.63) is 23.8 Å². The molecule has 0 saturated heterocycles. The van der Waals surface area contributed by atoms with Crippen molar-refractivity contribution in [3.63, 3.8) is 0 Å². The minimum Gasteiger partial charge on any atom is -0.480 e. The molecule has 1 aliphatic rings. The number of carbonyl (C=O) groups is 2. The van der Waals surface area contributed by atoms with Crippen LogP contribution in [0.25, 0.3) is 0 Å². The molecule has 0 aliphatic carbocycles. The zero-order chi connectivity index (χ0) is 16.0. The Balaban J connectivity index is 2.40. The van der Waals surface area contributed by atoms with E-state index in [1.807, 2.05) is 0 Å². The minimum absolute atomic E-state index is 0.0704. The van der Waals surface area contributed by atoms with Gasteiger partial charge in [0.05, 0.1) is 10.8 Å². The van der Waals surface area contributed by atoms with Gasteiger partial charge in [0.25, 0.3) is 0 Å². The third kappa shape index (κ3) is 2.77. The van der Waals surface area contributed by atoms with E-state index in [1.165, 1.54) is 32.0 Å². The molecule has 114 valence electrons. The fourth-order valence-electron chi connectivity index (χ4n) is 2.00. The highest BCUT2D eigenvalue weighted by molar-refractivity contribution is 7.89. The Bertz CT molecular complexity index is 724. The van der Waals surface area contributed by atoms with Gasteiger partial charge in [0.1, 0.15) is 5.54 Å². The molecule has 1 amide bonds. The molecule has 0 radical (unpaired) electrons. The van der Waals surface area contributed by atoms with Crippen molar-refractivity contribution in [1.82, 2.24) is 4.72 Å². The first-order valence-electron chi connectivity index (χ1n) is 6.27. The van der Waals surface area contributed by atoms with E-state index < -0.39 is 27.4 Å². The van der Waals surface area contributed by atoms with Crippen molar-refractivity contribution in [2.24, 2.45) is 0 Å². The summed E-state index contributed by atoms with van der Waals surface area (Å²) in [6.45, 7) is 4.19. The molecule has 0 spiro atoms. The molecule has 21 heavy (non-hydrogen) atoms. The summed E-state index contributed by atoms with van der Waals surface area (Å²) in [5.74, 6) is -1.92. The third-order valence-corrected chi connectivity index (χ3v) is 5.03. The summed E-state index contributed by atoms with van der Waals surface area (Å²) in [6, 6.07) is 4.22. The zero-order valence-corrected chi connectivity index (χ0v) is 12.6. The molecule has 0 bridgehead atoms. The molecule has 1 atom stereocenters. The van der Waals surface area contributed by atoms with Gasteiger partial charge < -0.3 is 10.4 Å². The summed E-state index contributed by atoms with van der Waals surface area (Å²) in [7, 11) is -4.00. The Morgan fingerprint density at radius 3 is 2.57 bits per heavy atom. The number of sulfonamides is 1. The van der Waals surface area contributed by atoms with Crippen LogP contribution in [0.15, 0.2) is 23.1 Å². The average molecular weight is 312 g/mol. The largest absolute Gasteiger partial charge is 0.480 e. The SMILES string of the molecule is CC1C(=O)Nc2ccc(S(=O)(=O)NC(C)(C)C(=O)O)cc21. The van der Waals surface area contributed by atoms with Crippen molar-refractivity contribution in [1.29, 1.82) is 0 Å². The number of anilines is 1. The number of rotatable bonds is 4. The van der Waals surface area contributed by atoms with E-state index in [0.29, 0.717) is 11.3 Å². The summed E-state index contributed by atoms with van der Waals surface area (Å²) in [6.07, 6.45) is 0. The van der Waals surface area contributed by atoms with E-state index in [-0.39, 0.29) is 10.8 Å². The first-order valence-corrected chi connectivity index (χ1v) is 7.75. The number of benzene rings is 1. The lowest BCUT2D eigenvalue weighted by molar-refractivity contribution is -0.142. The number of aliphatic carboxylic acids is 1. The average Bonchev–Trinajstić information content (AvgIpc) is 2.63. The van der Waals surface area contributed by atoms with Gasteiger partial charge in [-0.05, 0) is 44.5 Å². The van der Waals surface area contributed by atoms with Crippen LogP contribution in [-0.2, 0) is 19.6 Å². The molecule has 1 aromatic rings. The van der Waals surface area contributed by atoms with Gasteiger partial charge in [-0.3, -0.25) is 9.59 Å². The minimum atomic E-state index is -4.00. The van der Waals surface area contributed by atoms with Crippen molar-refractivity contribution < 1.29 is 23.1 Å². The third-order valence-electron chi connectivity index (χ3n) is 3.38. The molecule has 1 aromatic carbocycles. The summed E-state index contributed by atoms with van der Waals surface area (Å²) < 4.78 is 26.7. The lowest BCUT2D eigenvalue weighted by atomic mass is 10.0. The van der Waals surface area contributed by atoms with Gasteiger partial charge in [0, 0.05) is 5.69 Å². The Morgan fingerprint density at radius 2 is 2.00 bits per heavy atom. The summed E-state index contributed by atoms with van der Waals surface area (Å²) in [5, 5.41) is 11.6. The molecule has 0 aromatic heterocycles. The quantitative estimate of drug-likeness (QED) is 0.764. The van der Waals surface area contributed by atoms with Crippen LogP contribution in [0, 0.1) is 0 Å². The van der Waals surface area contributed by atoms with Gasteiger partial charge in [-0.25, -0.2) is 8.42 Å². The van der Waals surface area contributed by atoms with Crippen LogP contribution in [0.5, 0.6) is 0 Å². The van der Waals surface area contributed by atoms with Crippen LogP contribution >= 0.6 is 0 Å². The maximum atomic E-state index is 12.3. The summed E-state index contributed by atoms with van der Waals surface area (Å²) in [4.78, 5) is 22.5. The summed E-state index contributed by atoms with van der Waals surface area (Å²) in [5.41, 5.74) is -0.475. The first-order chi connectivity index (χ1) is 9.54. The van der Waals surface area contributed by atoms with Gasteiger partial charge in [0.15, 0.2) is 0 Å². The molecule has 1 unspecified atom stereocenters. The number of hydrogen-bond donors (Lipinski definition) is 3. The van der Waals surface area contributed by atoms with E-state index in [4.69, 9.17) is 5.11 Å². The zero-order valence-electron chi connectivity index (χ0n) is 11.8. The van der Waals surface area contributed by atoms with Gasteiger partial charge in [-0.15, -0.1) is 0 Å². The van der Waals surface area contributed by atoms with E-state index in [2.05, 4.69) is 10.0 Å². The predicted molar refractivity (Wildman–Crippen MR) is 75.5 cm³/mol. The van der Waals surface area contributed by atoms with Crippen LogP contribution in [0.4, 0.5) is 5.69 Å². The van der Waals surface area contributed by atoms with E-state index in [1.54, 1.807) is 6.92 Å². The van der Waals surface area contributed by atoms with Crippen molar-refractivity contribution >= 4 is 27.6 Å². The molecule has 2 rings (SSSR count). The molecule has 0 fully saturated rings. The fourth-order valence-corrected chi connectivity index (χ4v) is 3.41. The first kappa shape index (κ1) is 15.5. The topological polar surface area (TPSA) is 113 Å². The monoisotopic (exact) mass is 312 g/mol. The highest BCUT2D eigenvalue weighted by Crippen LogP contribution is 2.33. The van der Waals surface area contributed by atoms with Gasteiger partial charge in [-0.2, -0.15) is 4.72 Å². The Morgan fingerprint density at radius 1 is 1.38 bits per heavy atom. The number of nitrogens with one attached hydrogen (secondary N) is 2. The second-order valence-electron chi connectivity index (χ2n) is 5.50. The van der Waals surface area contributed by atoms with Crippen LogP contribution < -0.4 is 10.0 Å². The van der Waals surface area contributed by atoms with Crippen LogP contribution in [0.2, 0.25) is 0 Å². The molecule has 0 saturated carbocycles. The number of fused-ring (bicyclic) bond motifs is 1. The Kier molecular flexibility index (Phi) is 3.54. The van der Waals surface area contributed by atoms with Crippen LogP contribution in [0.1, 0.15) is 32.3 Å². The van der Waals surface area contributed by atoms with E-state index in [9.17, 15) is 18.0 Å². The predicted octanol–water partition coefficient (Wildman–Crippen LogP) is 0.884. The molecule has 1 aliphatic heterocycles. The Hall–Kier alpha value is -1.93. The fraction of sp³-hybridized carbons (Fsp3) is 0.385. The second kappa shape index (κ2) is 4.81. The van der Waals surface area contributed by atoms with E-state index in [0.717, 1.165) is 0 Å². The number of amides is 1. The van der Waals surface area contributed by atoms with Crippen LogP contribution in [0.3, 0.4) is 0 Å². The van der Waals surface area contributed by atoms with Crippen LogP contribution in [-0.4, -0.2) is 30.9 Å². The number of carboxylic acids is 1. The van der Waals surface area contributed by atoms with Gasteiger partial charge >= 0.3 is 5.97 Å². The smallest absolute Gasteiger partial charge is 0.324 e. The standard InChI is InChI=1S/C13H16N2O5S/c1-7-9-6-8(4-5-10(9)14-11(7)16)21(19,20)15-13(2,3)12(17)18/h4-7,15H,1-3H3,(H,14,16)(H,17,18). The van der Waals surface area contributed by atoms with Crippen molar-refractivity contribution in [3.8, 4) is 0 Å². The summed E-state index contributed by atoms with van der Waals surface area (Å²) >= 11 is 0. The van der Waals surface area contributed by atoms with Crippen molar-refractivity contribution in [2.45, 2.75) is 37.1 Å². The number of hydrogen-bond acceptors (Lipinski definition) is 4. The number of carboxylic acid groups (broad SMARTS) is 1. The molecule has 1 heterocycles. The van der Waals surface area contributed by atoms with Crippen molar-refractivity contribution in [2.75, 3.05) is 5.32 Å². The van der Waals surface area contributed by atoms with Gasteiger partial charge in [0.2, 0.25) is 15.9 Å². The molecule has 7 nitrogen and oxygen atoms in total. The lowest BCUT2D eigenvalue weighted by Gasteiger charge is -2.21. The van der Waals surface area contributed by atoms with E-state index >= 15 is 0 Å². The molecular formula is C13H16N2O5S. The molecular weight excluding hydrogens is 296 g/mol.